The van der Waals surface area contributed by atoms with Crippen LogP contribution in [0, 0.1) is 0 Å². The van der Waals surface area contributed by atoms with Crippen LogP contribution in [-0.4, -0.2) is 18.8 Å². The van der Waals surface area contributed by atoms with Crippen LogP contribution < -0.4 is 10.5 Å². The van der Waals surface area contributed by atoms with E-state index in [-0.39, 0.29) is 18.2 Å². The molecule has 1 aliphatic heterocycles. The summed E-state index contributed by atoms with van der Waals surface area (Å²) in [5.74, 6) is 0.901. The highest BCUT2D eigenvalue weighted by atomic mass is 16.6. The van der Waals surface area contributed by atoms with Gasteiger partial charge in [0, 0.05) is 18.2 Å². The maximum atomic E-state index is 5.89. The molecular formula is C12H17NO2. The number of para-hydroxylation sites is 1. The highest BCUT2D eigenvalue weighted by Gasteiger charge is 2.36. The number of rotatable bonds is 3. The summed E-state index contributed by atoms with van der Waals surface area (Å²) in [6.07, 6.45) is -0.0893. The Labute approximate surface area is 90.2 Å². The zero-order valence-electron chi connectivity index (χ0n) is 9.14. The van der Waals surface area contributed by atoms with Crippen molar-refractivity contribution in [2.24, 2.45) is 5.73 Å². The normalized spacial score (nSPS) is 25.8. The van der Waals surface area contributed by atoms with E-state index in [1.54, 1.807) is 0 Å². The van der Waals surface area contributed by atoms with Crippen molar-refractivity contribution in [3.63, 3.8) is 0 Å². The minimum atomic E-state index is -0.0673. The van der Waals surface area contributed by atoms with Gasteiger partial charge in [-0.05, 0) is 19.9 Å². The second-order valence-electron chi connectivity index (χ2n) is 3.86. The highest BCUT2D eigenvalue weighted by Crippen LogP contribution is 2.39. The Morgan fingerprint density at radius 3 is 2.87 bits per heavy atom. The molecule has 0 spiro atoms. The summed E-state index contributed by atoms with van der Waals surface area (Å²) in [5, 5.41) is 0. The lowest BCUT2D eigenvalue weighted by atomic mass is 10.0. The Morgan fingerprint density at radius 2 is 2.20 bits per heavy atom. The van der Waals surface area contributed by atoms with Crippen LogP contribution in [0.2, 0.25) is 0 Å². The summed E-state index contributed by atoms with van der Waals surface area (Å²) in [4.78, 5) is 0. The number of hydrogen-bond acceptors (Lipinski definition) is 3. The molecule has 2 N–H and O–H groups in total. The zero-order chi connectivity index (χ0) is 10.8. The van der Waals surface area contributed by atoms with Crippen LogP contribution in [0.4, 0.5) is 0 Å². The van der Waals surface area contributed by atoms with Gasteiger partial charge in [-0.2, -0.15) is 0 Å². The average Bonchev–Trinajstić information content (AvgIpc) is 2.58. The van der Waals surface area contributed by atoms with Crippen molar-refractivity contribution in [3.05, 3.63) is 29.8 Å². The smallest absolute Gasteiger partial charge is 0.144 e. The summed E-state index contributed by atoms with van der Waals surface area (Å²) in [6, 6.07) is 7.93. The molecule has 0 radical (unpaired) electrons. The molecule has 0 saturated carbocycles. The molecule has 15 heavy (non-hydrogen) atoms. The lowest BCUT2D eigenvalue weighted by Crippen LogP contribution is -2.38. The Balaban J connectivity index is 2.29. The second kappa shape index (κ2) is 4.21. The third-order valence-electron chi connectivity index (χ3n) is 2.65. The minimum Gasteiger partial charge on any atom is -0.485 e. The number of nitrogens with two attached hydrogens (primary N) is 1. The molecule has 2 rings (SSSR count). The SMILES string of the molecule is CCOC1c2ccccc2OC1C(C)N. The van der Waals surface area contributed by atoms with Crippen molar-refractivity contribution >= 4 is 0 Å². The van der Waals surface area contributed by atoms with Crippen LogP contribution in [0.5, 0.6) is 5.75 Å². The Bertz CT molecular complexity index is 338. The van der Waals surface area contributed by atoms with E-state index in [9.17, 15) is 0 Å². The Kier molecular flexibility index (Phi) is 2.93. The van der Waals surface area contributed by atoms with Crippen LogP contribution in [0.1, 0.15) is 25.5 Å². The van der Waals surface area contributed by atoms with Crippen molar-refractivity contribution < 1.29 is 9.47 Å². The van der Waals surface area contributed by atoms with E-state index in [0.717, 1.165) is 11.3 Å². The summed E-state index contributed by atoms with van der Waals surface area (Å²) in [7, 11) is 0. The van der Waals surface area contributed by atoms with E-state index < -0.39 is 0 Å². The fourth-order valence-corrected chi connectivity index (χ4v) is 1.96. The molecule has 1 aliphatic rings. The molecule has 0 fully saturated rings. The van der Waals surface area contributed by atoms with Crippen LogP contribution in [0.3, 0.4) is 0 Å². The molecule has 0 saturated heterocycles. The van der Waals surface area contributed by atoms with E-state index in [1.165, 1.54) is 0 Å². The van der Waals surface area contributed by atoms with Crippen LogP contribution in [0.15, 0.2) is 24.3 Å². The number of fused-ring (bicyclic) bond motifs is 1. The molecule has 0 bridgehead atoms. The second-order valence-corrected chi connectivity index (χ2v) is 3.86. The summed E-state index contributed by atoms with van der Waals surface area (Å²) in [5.41, 5.74) is 7.01. The molecular weight excluding hydrogens is 190 g/mol. The van der Waals surface area contributed by atoms with Gasteiger partial charge in [-0.1, -0.05) is 18.2 Å². The molecule has 1 aromatic carbocycles. The van der Waals surface area contributed by atoms with Gasteiger partial charge in [0.05, 0.1) is 0 Å². The lowest BCUT2D eigenvalue weighted by Gasteiger charge is -2.21. The molecule has 3 heteroatoms. The van der Waals surface area contributed by atoms with Crippen LogP contribution in [0.25, 0.3) is 0 Å². The van der Waals surface area contributed by atoms with E-state index in [4.69, 9.17) is 15.2 Å². The standard InChI is InChI=1S/C12H17NO2/c1-3-14-12-9-6-4-5-7-10(9)15-11(12)8(2)13/h4-8,11-12H,3,13H2,1-2H3. The first kappa shape index (κ1) is 10.5. The van der Waals surface area contributed by atoms with Gasteiger partial charge in [0.25, 0.3) is 0 Å². The minimum absolute atomic E-state index is 0.0220. The van der Waals surface area contributed by atoms with Gasteiger partial charge >= 0.3 is 0 Å². The third-order valence-corrected chi connectivity index (χ3v) is 2.65. The summed E-state index contributed by atoms with van der Waals surface area (Å²) >= 11 is 0. The monoisotopic (exact) mass is 207 g/mol. The molecule has 3 nitrogen and oxygen atoms in total. The van der Waals surface area contributed by atoms with E-state index in [2.05, 4.69) is 0 Å². The number of benzene rings is 1. The summed E-state index contributed by atoms with van der Waals surface area (Å²) in [6.45, 7) is 4.60. The fourth-order valence-electron chi connectivity index (χ4n) is 1.96. The van der Waals surface area contributed by atoms with Crippen molar-refractivity contribution in [3.8, 4) is 5.75 Å². The molecule has 1 aromatic rings. The zero-order valence-corrected chi connectivity index (χ0v) is 9.14. The molecule has 1 heterocycles. The first-order valence-electron chi connectivity index (χ1n) is 5.36. The molecule has 3 unspecified atom stereocenters. The predicted octanol–water partition coefficient (Wildman–Crippen LogP) is 1.87. The van der Waals surface area contributed by atoms with Crippen molar-refractivity contribution in [1.82, 2.24) is 0 Å². The number of ether oxygens (including phenoxy) is 2. The van der Waals surface area contributed by atoms with Crippen molar-refractivity contribution in [2.45, 2.75) is 32.1 Å². The highest BCUT2D eigenvalue weighted by molar-refractivity contribution is 5.40. The summed E-state index contributed by atoms with van der Waals surface area (Å²) < 4.78 is 11.5. The van der Waals surface area contributed by atoms with E-state index >= 15 is 0 Å². The lowest BCUT2D eigenvalue weighted by molar-refractivity contribution is -0.00671. The van der Waals surface area contributed by atoms with Gasteiger partial charge in [0.15, 0.2) is 0 Å². The topological polar surface area (TPSA) is 44.5 Å². The molecule has 0 amide bonds. The van der Waals surface area contributed by atoms with E-state index in [1.807, 2.05) is 38.1 Å². The first-order chi connectivity index (χ1) is 7.24. The van der Waals surface area contributed by atoms with Gasteiger partial charge in [0.1, 0.15) is 18.0 Å². The van der Waals surface area contributed by atoms with Gasteiger partial charge in [-0.25, -0.2) is 0 Å². The predicted molar refractivity (Wildman–Crippen MR) is 58.9 cm³/mol. The molecule has 82 valence electrons. The quantitative estimate of drug-likeness (QED) is 0.823. The van der Waals surface area contributed by atoms with Gasteiger partial charge < -0.3 is 15.2 Å². The van der Waals surface area contributed by atoms with Crippen LogP contribution in [-0.2, 0) is 4.74 Å². The Morgan fingerprint density at radius 1 is 1.47 bits per heavy atom. The third kappa shape index (κ3) is 1.85. The number of hydrogen-bond donors (Lipinski definition) is 1. The van der Waals surface area contributed by atoms with E-state index in [0.29, 0.717) is 6.61 Å². The van der Waals surface area contributed by atoms with Gasteiger partial charge in [0.2, 0.25) is 0 Å². The Hall–Kier alpha value is -1.06. The molecule has 0 aliphatic carbocycles. The largest absolute Gasteiger partial charge is 0.485 e. The molecule has 3 atom stereocenters. The maximum absolute atomic E-state index is 5.89. The van der Waals surface area contributed by atoms with Crippen molar-refractivity contribution in [1.29, 1.82) is 0 Å². The molecule has 0 aromatic heterocycles. The van der Waals surface area contributed by atoms with Crippen LogP contribution >= 0.6 is 0 Å². The maximum Gasteiger partial charge on any atom is 0.144 e. The van der Waals surface area contributed by atoms with Gasteiger partial charge in [-0.15, -0.1) is 0 Å². The fraction of sp³-hybridized carbons (Fsp3) is 0.500. The van der Waals surface area contributed by atoms with Crippen molar-refractivity contribution in [2.75, 3.05) is 6.61 Å². The average molecular weight is 207 g/mol. The first-order valence-corrected chi connectivity index (χ1v) is 5.36. The van der Waals surface area contributed by atoms with Gasteiger partial charge in [-0.3, -0.25) is 0 Å².